The molecule has 2 aromatic carbocycles. The summed E-state index contributed by atoms with van der Waals surface area (Å²) in [5, 5.41) is 10.8. The largest absolute Gasteiger partial charge is 0.340 e. The van der Waals surface area contributed by atoms with Crippen molar-refractivity contribution >= 4 is 44.2 Å². The number of amides is 2. The Hall–Kier alpha value is -2.67. The summed E-state index contributed by atoms with van der Waals surface area (Å²) in [7, 11) is -3.97. The predicted octanol–water partition coefficient (Wildman–Crippen LogP) is 3.16. The number of likely N-dealkylation sites (tertiary alicyclic amines) is 1. The van der Waals surface area contributed by atoms with E-state index in [0.29, 0.717) is 23.5 Å². The number of nitrogens with zero attached hydrogens (tertiary/aromatic N) is 3. The Labute approximate surface area is 205 Å². The van der Waals surface area contributed by atoms with Crippen LogP contribution >= 0.6 is 11.6 Å². The van der Waals surface area contributed by atoms with Gasteiger partial charge in [-0.3, -0.25) is 9.59 Å². The van der Waals surface area contributed by atoms with E-state index in [-0.39, 0.29) is 36.1 Å². The normalized spacial score (nSPS) is 17.2. The van der Waals surface area contributed by atoms with Gasteiger partial charge in [0.1, 0.15) is 12.1 Å². The zero-order valence-corrected chi connectivity index (χ0v) is 21.1. The van der Waals surface area contributed by atoms with Crippen molar-refractivity contribution < 1.29 is 18.0 Å². The van der Waals surface area contributed by atoms with E-state index >= 15 is 0 Å². The maximum atomic E-state index is 13.1. The Kier molecular flexibility index (Phi) is 8.18. The van der Waals surface area contributed by atoms with Crippen LogP contribution < -0.4 is 4.72 Å². The molecular formula is C24H29ClN4O4S. The number of sulfonamides is 1. The second-order valence-electron chi connectivity index (χ2n) is 8.88. The van der Waals surface area contributed by atoms with Crippen molar-refractivity contribution in [2.45, 2.75) is 50.6 Å². The molecule has 1 saturated heterocycles. The smallest absolute Gasteiger partial charge is 0.245 e. The first-order chi connectivity index (χ1) is 16.0. The lowest BCUT2D eigenvalue weighted by Crippen LogP contribution is -2.51. The maximum absolute atomic E-state index is 13.1. The van der Waals surface area contributed by atoms with Gasteiger partial charge in [0, 0.05) is 30.0 Å². The maximum Gasteiger partial charge on any atom is 0.245 e. The molecule has 2 aromatic rings. The topological polar surface area (TPSA) is 111 Å². The monoisotopic (exact) mass is 504 g/mol. The number of benzene rings is 2. The fraction of sp³-hybridized carbons (Fsp3) is 0.458. The molecule has 1 N–H and O–H groups in total. The molecule has 10 heteroatoms. The highest BCUT2D eigenvalue weighted by molar-refractivity contribution is 7.89. The summed E-state index contributed by atoms with van der Waals surface area (Å²) in [6.07, 6.45) is 0.468. The molecule has 0 unspecified atom stereocenters. The third-order valence-corrected chi connectivity index (χ3v) is 7.66. The SMILES string of the molecule is CC(C)CN(CCC#N)C(=O)[C@H](C)N1CC[C@H](NS(=O)(=O)c2ccc3c(Cl)cccc3c2)C1=O. The molecule has 0 bridgehead atoms. The Morgan fingerprint density at radius 3 is 2.71 bits per heavy atom. The molecule has 0 saturated carbocycles. The second-order valence-corrected chi connectivity index (χ2v) is 11.0. The summed E-state index contributed by atoms with van der Waals surface area (Å²) in [4.78, 5) is 29.1. The van der Waals surface area contributed by atoms with Crippen molar-refractivity contribution in [2.24, 2.45) is 5.92 Å². The van der Waals surface area contributed by atoms with Gasteiger partial charge in [-0.15, -0.1) is 0 Å². The first-order valence-electron chi connectivity index (χ1n) is 11.2. The highest BCUT2D eigenvalue weighted by Gasteiger charge is 2.40. The number of nitriles is 1. The molecule has 0 aromatic heterocycles. The van der Waals surface area contributed by atoms with Gasteiger partial charge in [-0.25, -0.2) is 8.42 Å². The molecule has 2 amide bonds. The molecule has 1 fully saturated rings. The minimum atomic E-state index is -3.97. The van der Waals surface area contributed by atoms with Crippen LogP contribution in [0.2, 0.25) is 5.02 Å². The molecule has 2 atom stereocenters. The van der Waals surface area contributed by atoms with Crippen LogP contribution in [-0.2, 0) is 19.6 Å². The molecule has 0 spiro atoms. The van der Waals surface area contributed by atoms with Crippen LogP contribution in [0.15, 0.2) is 41.3 Å². The molecule has 182 valence electrons. The first-order valence-corrected chi connectivity index (χ1v) is 13.1. The second kappa shape index (κ2) is 10.7. The van der Waals surface area contributed by atoms with Crippen LogP contribution in [0.1, 0.15) is 33.6 Å². The summed E-state index contributed by atoms with van der Waals surface area (Å²) in [6, 6.07) is 10.2. The number of hydrogen-bond donors (Lipinski definition) is 1. The van der Waals surface area contributed by atoms with Crippen LogP contribution in [0.3, 0.4) is 0 Å². The van der Waals surface area contributed by atoms with Crippen LogP contribution in [0.25, 0.3) is 10.8 Å². The first kappa shape index (κ1) is 25.9. The minimum Gasteiger partial charge on any atom is -0.340 e. The summed E-state index contributed by atoms with van der Waals surface area (Å²) < 4.78 is 28.5. The molecule has 8 nitrogen and oxygen atoms in total. The number of halogens is 1. The number of nitrogens with one attached hydrogen (secondary N) is 1. The lowest BCUT2D eigenvalue weighted by atomic mass is 10.1. The lowest BCUT2D eigenvalue weighted by molar-refractivity contribution is -0.143. The molecular weight excluding hydrogens is 476 g/mol. The van der Waals surface area contributed by atoms with E-state index in [9.17, 15) is 18.0 Å². The number of hydrogen-bond acceptors (Lipinski definition) is 5. The fourth-order valence-electron chi connectivity index (χ4n) is 4.16. The van der Waals surface area contributed by atoms with E-state index in [4.69, 9.17) is 16.9 Å². The van der Waals surface area contributed by atoms with E-state index in [1.54, 1.807) is 36.1 Å². The highest BCUT2D eigenvalue weighted by Crippen LogP contribution is 2.26. The van der Waals surface area contributed by atoms with E-state index in [2.05, 4.69) is 4.72 Å². The van der Waals surface area contributed by atoms with Crippen molar-refractivity contribution in [3.63, 3.8) is 0 Å². The van der Waals surface area contributed by atoms with Gasteiger partial charge in [-0.2, -0.15) is 9.98 Å². The van der Waals surface area contributed by atoms with E-state index in [1.807, 2.05) is 19.9 Å². The molecule has 0 radical (unpaired) electrons. The molecule has 0 aliphatic carbocycles. The number of carbonyl (C=O) groups excluding carboxylic acids is 2. The van der Waals surface area contributed by atoms with E-state index in [1.165, 1.54) is 17.0 Å². The van der Waals surface area contributed by atoms with Gasteiger partial charge in [0.15, 0.2) is 0 Å². The zero-order valence-electron chi connectivity index (χ0n) is 19.5. The predicted molar refractivity (Wildman–Crippen MR) is 131 cm³/mol. The van der Waals surface area contributed by atoms with Crippen molar-refractivity contribution in [2.75, 3.05) is 19.6 Å². The average Bonchev–Trinajstić information content (AvgIpc) is 3.14. The van der Waals surface area contributed by atoms with Crippen molar-refractivity contribution in [3.8, 4) is 6.07 Å². The van der Waals surface area contributed by atoms with Crippen LogP contribution in [0.4, 0.5) is 0 Å². The van der Waals surface area contributed by atoms with Gasteiger partial charge in [-0.1, -0.05) is 43.6 Å². The fourth-order valence-corrected chi connectivity index (χ4v) is 5.66. The highest BCUT2D eigenvalue weighted by atomic mass is 35.5. The Morgan fingerprint density at radius 2 is 2.03 bits per heavy atom. The minimum absolute atomic E-state index is 0.0391. The number of fused-ring (bicyclic) bond motifs is 1. The third-order valence-electron chi connectivity index (χ3n) is 5.86. The third kappa shape index (κ3) is 5.69. The summed E-state index contributed by atoms with van der Waals surface area (Å²) >= 11 is 6.17. The Bertz CT molecular complexity index is 1230. The average molecular weight is 505 g/mol. The summed E-state index contributed by atoms with van der Waals surface area (Å²) in [6.45, 7) is 6.63. The molecule has 1 aliphatic rings. The van der Waals surface area contributed by atoms with Gasteiger partial charge >= 0.3 is 0 Å². The van der Waals surface area contributed by atoms with Crippen LogP contribution in [0.5, 0.6) is 0 Å². The van der Waals surface area contributed by atoms with E-state index in [0.717, 1.165) is 5.39 Å². The zero-order chi connectivity index (χ0) is 25.0. The van der Waals surface area contributed by atoms with Crippen LogP contribution in [-0.4, -0.2) is 61.7 Å². The quantitative estimate of drug-likeness (QED) is 0.564. The molecule has 1 heterocycles. The van der Waals surface area contributed by atoms with Crippen molar-refractivity contribution in [3.05, 3.63) is 41.4 Å². The molecule has 3 rings (SSSR count). The number of carbonyl (C=O) groups is 2. The van der Waals surface area contributed by atoms with Crippen LogP contribution in [0, 0.1) is 17.2 Å². The number of rotatable bonds is 9. The Balaban J connectivity index is 1.73. The standard InChI is InChI=1S/C24H29ClN4O4S/c1-16(2)15-28(12-5-11-26)23(30)17(3)29-13-10-22(24(29)31)27-34(32,33)19-8-9-20-18(14-19)6-4-7-21(20)25/h4,6-9,14,16-17,22,27H,5,10,12-13,15H2,1-3H3/t17-,22-/m0/s1. The summed E-state index contributed by atoms with van der Waals surface area (Å²) in [5.41, 5.74) is 0. The Morgan fingerprint density at radius 1 is 1.29 bits per heavy atom. The molecule has 34 heavy (non-hydrogen) atoms. The van der Waals surface area contributed by atoms with Gasteiger partial charge in [0.05, 0.1) is 17.4 Å². The van der Waals surface area contributed by atoms with Crippen molar-refractivity contribution in [1.29, 1.82) is 5.26 Å². The van der Waals surface area contributed by atoms with Crippen molar-refractivity contribution in [1.82, 2.24) is 14.5 Å². The van der Waals surface area contributed by atoms with Gasteiger partial charge in [0.25, 0.3) is 0 Å². The molecule has 1 aliphatic heterocycles. The van der Waals surface area contributed by atoms with E-state index < -0.39 is 28.0 Å². The van der Waals surface area contributed by atoms with Gasteiger partial charge in [0.2, 0.25) is 21.8 Å². The van der Waals surface area contributed by atoms with Gasteiger partial charge < -0.3 is 9.80 Å². The summed E-state index contributed by atoms with van der Waals surface area (Å²) in [5.74, 6) is -0.467. The van der Waals surface area contributed by atoms with Gasteiger partial charge in [-0.05, 0) is 42.8 Å². The lowest BCUT2D eigenvalue weighted by Gasteiger charge is -2.31.